The van der Waals surface area contributed by atoms with Crippen LogP contribution in [0.2, 0.25) is 5.02 Å². The Morgan fingerprint density at radius 1 is 1.04 bits per heavy atom. The van der Waals surface area contributed by atoms with Crippen molar-refractivity contribution in [3.05, 3.63) is 63.6 Å². The molecule has 118 valence electrons. The maximum Gasteiger partial charge on any atom is 0.254 e. The van der Waals surface area contributed by atoms with Crippen molar-refractivity contribution in [2.45, 2.75) is 5.25 Å². The zero-order valence-corrected chi connectivity index (χ0v) is 14.9. The van der Waals surface area contributed by atoms with E-state index in [1.165, 1.54) is 0 Å². The Morgan fingerprint density at radius 2 is 1.65 bits per heavy atom. The van der Waals surface area contributed by atoms with Gasteiger partial charge < -0.3 is 0 Å². The van der Waals surface area contributed by atoms with Crippen molar-refractivity contribution in [2.24, 2.45) is 0 Å². The summed E-state index contributed by atoms with van der Waals surface area (Å²) in [4.78, 5) is 26.1. The van der Waals surface area contributed by atoms with Crippen molar-refractivity contribution >= 4 is 55.8 Å². The lowest BCUT2D eigenvalue weighted by molar-refractivity contribution is -0.125. The van der Waals surface area contributed by atoms with E-state index in [1.54, 1.807) is 48.5 Å². The Balaban J connectivity index is 2.00. The molecule has 0 bridgehead atoms. The lowest BCUT2D eigenvalue weighted by atomic mass is 10.1. The second-order valence-corrected chi connectivity index (χ2v) is 7.87. The molecule has 2 aromatic rings. The summed E-state index contributed by atoms with van der Waals surface area (Å²) in [6.07, 6.45) is 0. The Labute approximate surface area is 149 Å². The highest BCUT2D eigenvalue weighted by atomic mass is 79.9. The molecule has 4 nitrogen and oxygen atoms in total. The summed E-state index contributed by atoms with van der Waals surface area (Å²) in [5, 5.41) is -0.336. The summed E-state index contributed by atoms with van der Waals surface area (Å²) in [7, 11) is -1.59. The number of amides is 2. The fourth-order valence-corrected chi connectivity index (χ4v) is 4.14. The number of hydrogen-bond acceptors (Lipinski definition) is 3. The van der Waals surface area contributed by atoms with Gasteiger partial charge in [-0.05, 0) is 42.0 Å². The highest BCUT2D eigenvalue weighted by Gasteiger charge is 2.41. The van der Waals surface area contributed by atoms with Gasteiger partial charge in [0.2, 0.25) is 5.91 Å². The molecular formula is C16H11BrClNO3S. The van der Waals surface area contributed by atoms with Gasteiger partial charge in [0.25, 0.3) is 5.91 Å². The van der Waals surface area contributed by atoms with E-state index >= 15 is 0 Å². The summed E-state index contributed by atoms with van der Waals surface area (Å²) >= 11 is 9.17. The average Bonchev–Trinajstić information content (AvgIpc) is 2.50. The lowest BCUT2D eigenvalue weighted by Gasteiger charge is -2.30. The molecule has 0 aliphatic carbocycles. The van der Waals surface area contributed by atoms with E-state index in [-0.39, 0.29) is 5.75 Å². The van der Waals surface area contributed by atoms with Gasteiger partial charge >= 0.3 is 0 Å². The van der Waals surface area contributed by atoms with Crippen molar-refractivity contribution in [3.8, 4) is 0 Å². The van der Waals surface area contributed by atoms with Crippen LogP contribution in [0.25, 0.3) is 0 Å². The zero-order valence-electron chi connectivity index (χ0n) is 11.7. The first kappa shape index (κ1) is 16.4. The highest BCUT2D eigenvalue weighted by molar-refractivity contribution is 9.10. The van der Waals surface area contributed by atoms with E-state index in [1.807, 2.05) is 0 Å². The molecule has 0 N–H and O–H groups in total. The summed E-state index contributed by atoms with van der Waals surface area (Å²) in [6.45, 7) is 0. The number of hydrogen-bond donors (Lipinski definition) is 0. The van der Waals surface area contributed by atoms with E-state index in [2.05, 4.69) is 15.9 Å². The van der Waals surface area contributed by atoms with Crippen molar-refractivity contribution in [1.29, 1.82) is 0 Å². The molecule has 7 heteroatoms. The molecular weight excluding hydrogens is 402 g/mol. The number of halogens is 2. The first-order chi connectivity index (χ1) is 11.0. The van der Waals surface area contributed by atoms with Gasteiger partial charge in [0.05, 0.1) is 5.69 Å². The van der Waals surface area contributed by atoms with Gasteiger partial charge in [-0.1, -0.05) is 39.7 Å². The van der Waals surface area contributed by atoms with E-state index in [0.717, 1.165) is 9.37 Å². The first-order valence-electron chi connectivity index (χ1n) is 6.72. The average molecular weight is 413 g/mol. The summed E-state index contributed by atoms with van der Waals surface area (Å²) < 4.78 is 13.2. The minimum Gasteiger partial charge on any atom is -0.273 e. The smallest absolute Gasteiger partial charge is 0.254 e. The first-order valence-corrected chi connectivity index (χ1v) is 9.27. The second-order valence-electron chi connectivity index (χ2n) is 5.00. The molecule has 1 aliphatic heterocycles. The van der Waals surface area contributed by atoms with Gasteiger partial charge in [-0.3, -0.25) is 13.8 Å². The number of carbonyl (C=O) groups excluding carboxylic acids is 2. The number of carbonyl (C=O) groups is 2. The van der Waals surface area contributed by atoms with Crippen LogP contribution in [0.15, 0.2) is 53.0 Å². The quantitative estimate of drug-likeness (QED) is 0.710. The SMILES string of the molecule is O=C1C[S@@](=O)[C@H](c2ccc(Cl)cc2)C(=O)N1c1ccc(Br)cc1. The van der Waals surface area contributed by atoms with Crippen LogP contribution in [0, 0.1) is 0 Å². The van der Waals surface area contributed by atoms with Crippen LogP contribution in [-0.2, 0) is 20.4 Å². The Hall–Kier alpha value is -1.50. The number of rotatable bonds is 2. The van der Waals surface area contributed by atoms with Crippen LogP contribution in [0.1, 0.15) is 10.8 Å². The zero-order chi connectivity index (χ0) is 16.6. The third-order valence-corrected chi connectivity index (χ3v) is 5.79. The topological polar surface area (TPSA) is 54.5 Å². The monoisotopic (exact) mass is 411 g/mol. The maximum absolute atomic E-state index is 12.8. The van der Waals surface area contributed by atoms with Gasteiger partial charge in [-0.25, -0.2) is 4.90 Å². The Kier molecular flexibility index (Phi) is 4.66. The Bertz CT molecular complexity index is 726. The van der Waals surface area contributed by atoms with Crippen LogP contribution in [-0.4, -0.2) is 21.8 Å². The third-order valence-electron chi connectivity index (χ3n) is 3.48. The molecule has 1 saturated heterocycles. The molecule has 0 aromatic heterocycles. The molecule has 1 heterocycles. The molecule has 1 aliphatic rings. The van der Waals surface area contributed by atoms with E-state index in [4.69, 9.17) is 11.6 Å². The van der Waals surface area contributed by atoms with Crippen LogP contribution in [0.5, 0.6) is 0 Å². The fourth-order valence-electron chi connectivity index (χ4n) is 2.42. The molecule has 2 aromatic carbocycles. The van der Waals surface area contributed by atoms with Gasteiger partial charge in [-0.2, -0.15) is 0 Å². The number of imide groups is 1. The number of nitrogens with zero attached hydrogens (tertiary/aromatic N) is 1. The van der Waals surface area contributed by atoms with E-state index in [0.29, 0.717) is 16.3 Å². The fraction of sp³-hybridized carbons (Fsp3) is 0.125. The highest BCUT2D eigenvalue weighted by Crippen LogP contribution is 2.31. The summed E-state index contributed by atoms with van der Waals surface area (Å²) in [5.41, 5.74) is 1.06. The third kappa shape index (κ3) is 3.24. The van der Waals surface area contributed by atoms with Crippen molar-refractivity contribution in [2.75, 3.05) is 10.7 Å². The van der Waals surface area contributed by atoms with Crippen LogP contribution >= 0.6 is 27.5 Å². The van der Waals surface area contributed by atoms with Gasteiger partial charge in [0, 0.05) is 20.3 Å². The predicted octanol–water partition coefficient (Wildman–Crippen LogP) is 3.47. The molecule has 0 saturated carbocycles. The van der Waals surface area contributed by atoms with E-state index in [9.17, 15) is 13.8 Å². The molecule has 3 rings (SSSR count). The molecule has 0 spiro atoms. The Morgan fingerprint density at radius 3 is 2.26 bits per heavy atom. The molecule has 2 amide bonds. The summed E-state index contributed by atoms with van der Waals surface area (Å²) in [5.74, 6) is -1.13. The minimum absolute atomic E-state index is 0.185. The standard InChI is InChI=1S/C16H11BrClNO3S/c17-11-3-7-13(8-4-11)19-14(20)9-23(22)15(16(19)21)10-1-5-12(18)6-2-10/h1-8,15H,9H2/t15-,23-/m1/s1. The second kappa shape index (κ2) is 6.55. The summed E-state index contributed by atoms with van der Waals surface area (Å²) in [6, 6.07) is 13.5. The van der Waals surface area contributed by atoms with Gasteiger partial charge in [0.1, 0.15) is 11.0 Å². The number of anilines is 1. The maximum atomic E-state index is 12.8. The van der Waals surface area contributed by atoms with Crippen LogP contribution in [0.3, 0.4) is 0 Å². The molecule has 0 radical (unpaired) electrons. The van der Waals surface area contributed by atoms with Gasteiger partial charge in [0.15, 0.2) is 0 Å². The largest absolute Gasteiger partial charge is 0.273 e. The van der Waals surface area contributed by atoms with Crippen molar-refractivity contribution in [3.63, 3.8) is 0 Å². The van der Waals surface area contributed by atoms with E-state index < -0.39 is 27.9 Å². The molecule has 2 atom stereocenters. The lowest BCUT2D eigenvalue weighted by Crippen LogP contribution is -2.49. The molecule has 0 unspecified atom stereocenters. The normalized spacial score (nSPS) is 21.6. The van der Waals surface area contributed by atoms with Crippen molar-refractivity contribution in [1.82, 2.24) is 0 Å². The molecule has 1 fully saturated rings. The van der Waals surface area contributed by atoms with Crippen LogP contribution in [0.4, 0.5) is 5.69 Å². The number of benzene rings is 2. The molecule has 23 heavy (non-hydrogen) atoms. The van der Waals surface area contributed by atoms with Gasteiger partial charge in [-0.15, -0.1) is 0 Å². The predicted molar refractivity (Wildman–Crippen MR) is 93.8 cm³/mol. The van der Waals surface area contributed by atoms with Crippen molar-refractivity contribution < 1.29 is 13.8 Å². The minimum atomic E-state index is -1.59. The van der Waals surface area contributed by atoms with Crippen LogP contribution < -0.4 is 4.90 Å².